The number of tetrazole rings is 1. The average Bonchev–Trinajstić information content (AvgIpc) is 3.56. The second-order valence-electron chi connectivity index (χ2n) is 10.1. The Morgan fingerprint density at radius 1 is 1.09 bits per heavy atom. The highest BCUT2D eigenvalue weighted by Gasteiger charge is 2.60. The van der Waals surface area contributed by atoms with Gasteiger partial charge in [-0.05, 0) is 70.9 Å². The zero-order valence-electron chi connectivity index (χ0n) is 23.8. The average molecular weight is 619 g/mol. The van der Waals surface area contributed by atoms with Gasteiger partial charge in [-0.2, -0.15) is 0 Å². The highest BCUT2D eigenvalue weighted by molar-refractivity contribution is 5.93. The van der Waals surface area contributed by atoms with Crippen LogP contribution in [0.1, 0.15) is 33.5 Å². The van der Waals surface area contributed by atoms with Crippen LogP contribution in [0.15, 0.2) is 89.7 Å². The van der Waals surface area contributed by atoms with E-state index in [2.05, 4.69) is 37.7 Å². The molecular weight excluding hydrogens is 592 g/mol. The Kier molecular flexibility index (Phi) is 9.06. The van der Waals surface area contributed by atoms with Crippen molar-refractivity contribution in [1.29, 1.82) is 0 Å². The minimum absolute atomic E-state index is 0.171. The Labute approximate surface area is 255 Å². The van der Waals surface area contributed by atoms with E-state index in [1.807, 2.05) is 0 Å². The molecule has 1 aromatic heterocycles. The molecule has 4 aromatic rings. The molecule has 0 saturated carbocycles. The zero-order valence-corrected chi connectivity index (χ0v) is 23.8. The van der Waals surface area contributed by atoms with Crippen molar-refractivity contribution in [3.05, 3.63) is 119 Å². The van der Waals surface area contributed by atoms with Crippen molar-refractivity contribution in [2.24, 2.45) is 4.99 Å². The molecule has 0 saturated heterocycles. The fourth-order valence-electron chi connectivity index (χ4n) is 4.65. The molecular formula is C32H26F4N6O3. The monoisotopic (exact) mass is 618 g/mol. The lowest BCUT2D eigenvalue weighted by molar-refractivity contribution is -0.208. The Hall–Kier alpha value is -5.35. The summed E-state index contributed by atoms with van der Waals surface area (Å²) in [6.07, 6.45) is 3.29. The number of nitrogens with zero attached hydrogens (tertiary/aromatic N) is 5. The number of ether oxygens (including phenoxy) is 1. The van der Waals surface area contributed by atoms with E-state index in [0.717, 1.165) is 28.7 Å². The van der Waals surface area contributed by atoms with Crippen LogP contribution in [0.3, 0.4) is 0 Å². The maximum absolute atomic E-state index is 16.0. The Bertz CT molecular complexity index is 1780. The van der Waals surface area contributed by atoms with Crippen molar-refractivity contribution >= 4 is 12.1 Å². The van der Waals surface area contributed by atoms with Gasteiger partial charge in [0.2, 0.25) is 0 Å². The highest BCUT2D eigenvalue weighted by Crippen LogP contribution is 2.45. The van der Waals surface area contributed by atoms with Crippen molar-refractivity contribution in [3.63, 3.8) is 0 Å². The molecule has 0 radical (unpaired) electrons. The first kappa shape index (κ1) is 31.1. The van der Waals surface area contributed by atoms with Gasteiger partial charge in [0.05, 0.1) is 6.54 Å². The van der Waals surface area contributed by atoms with Crippen LogP contribution in [0.2, 0.25) is 0 Å². The number of hydrogen-bond acceptors (Lipinski definition) is 7. The van der Waals surface area contributed by atoms with Crippen LogP contribution in [0.5, 0.6) is 5.75 Å². The maximum atomic E-state index is 16.0. The van der Waals surface area contributed by atoms with E-state index < -0.39 is 41.3 Å². The summed E-state index contributed by atoms with van der Waals surface area (Å²) in [5.41, 5.74) is -1.54. The van der Waals surface area contributed by atoms with E-state index in [1.165, 1.54) is 12.3 Å². The molecule has 0 bridgehead atoms. The lowest BCUT2D eigenvalue weighted by atomic mass is 9.81. The summed E-state index contributed by atoms with van der Waals surface area (Å²) in [6, 6.07) is 14.2. The third-order valence-corrected chi connectivity index (χ3v) is 7.14. The van der Waals surface area contributed by atoms with Crippen LogP contribution in [-0.2, 0) is 18.8 Å². The summed E-state index contributed by atoms with van der Waals surface area (Å²) in [7, 11) is 1.57. The second kappa shape index (κ2) is 13.1. The smallest absolute Gasteiger partial charge is 0.304 e. The first-order valence-electron chi connectivity index (χ1n) is 13.6. The van der Waals surface area contributed by atoms with Crippen molar-refractivity contribution < 1.29 is 32.2 Å². The van der Waals surface area contributed by atoms with E-state index in [-0.39, 0.29) is 12.3 Å². The maximum Gasteiger partial charge on any atom is 0.304 e. The summed E-state index contributed by atoms with van der Waals surface area (Å²) >= 11 is 0. The van der Waals surface area contributed by atoms with Crippen LogP contribution in [0.4, 0.5) is 17.6 Å². The number of allylic oxidation sites excluding steroid dienone is 1. The number of amides is 1. The van der Waals surface area contributed by atoms with E-state index >= 15 is 8.78 Å². The number of rotatable bonds is 9. The van der Waals surface area contributed by atoms with Gasteiger partial charge in [0.25, 0.3) is 5.91 Å². The number of dihydropyridines is 1. The zero-order chi connectivity index (χ0) is 32.0. The molecule has 0 spiro atoms. The molecule has 5 rings (SSSR count). The lowest BCUT2D eigenvalue weighted by Crippen LogP contribution is -2.55. The molecule has 2 N–H and O–H groups in total. The van der Waals surface area contributed by atoms with Gasteiger partial charge in [-0.1, -0.05) is 30.0 Å². The SMILES string of the molecule is CNC(=O)c1ccc(COc2ccc(C#CC3=CCC(C(F)(F)C(O)(Cn4cnnn4)c4ccc(F)cc4F)N=C3)cc2)cc1. The normalized spacial score (nSPS) is 15.8. The number of halogens is 4. The number of carbonyl (C=O) groups excluding carboxylic acids is 1. The summed E-state index contributed by atoms with van der Waals surface area (Å²) in [5, 5.41) is 24.1. The molecule has 1 amide bonds. The fourth-order valence-corrected chi connectivity index (χ4v) is 4.65. The predicted molar refractivity (Wildman–Crippen MR) is 155 cm³/mol. The van der Waals surface area contributed by atoms with Gasteiger partial charge in [-0.15, -0.1) is 5.10 Å². The minimum atomic E-state index is -4.04. The van der Waals surface area contributed by atoms with Gasteiger partial charge in [0.15, 0.2) is 5.60 Å². The molecule has 13 heteroatoms. The number of aliphatic imine (C=N–C) groups is 1. The molecule has 2 heterocycles. The van der Waals surface area contributed by atoms with Crippen molar-refractivity contribution in [1.82, 2.24) is 25.5 Å². The lowest BCUT2D eigenvalue weighted by Gasteiger charge is -2.39. The Morgan fingerprint density at radius 3 is 2.47 bits per heavy atom. The number of alkyl halides is 2. The largest absolute Gasteiger partial charge is 0.489 e. The van der Waals surface area contributed by atoms with Gasteiger partial charge in [0.1, 0.15) is 36.4 Å². The molecule has 1 aliphatic heterocycles. The summed E-state index contributed by atoms with van der Waals surface area (Å²) in [6.45, 7) is -0.617. The van der Waals surface area contributed by atoms with Gasteiger partial charge in [0, 0.05) is 41.6 Å². The first-order valence-corrected chi connectivity index (χ1v) is 13.6. The number of benzene rings is 3. The van der Waals surface area contributed by atoms with Crippen LogP contribution >= 0.6 is 0 Å². The summed E-state index contributed by atoms with van der Waals surface area (Å²) < 4.78 is 66.8. The second-order valence-corrected chi connectivity index (χ2v) is 10.1. The van der Waals surface area contributed by atoms with Gasteiger partial charge >= 0.3 is 5.92 Å². The van der Waals surface area contributed by atoms with E-state index in [9.17, 15) is 18.7 Å². The predicted octanol–water partition coefficient (Wildman–Crippen LogP) is 4.23. The molecule has 1 aliphatic rings. The highest BCUT2D eigenvalue weighted by atomic mass is 19.3. The number of aliphatic hydroxyl groups is 1. The topological polar surface area (TPSA) is 115 Å². The molecule has 2 unspecified atom stereocenters. The summed E-state index contributed by atoms with van der Waals surface area (Å²) in [4.78, 5) is 15.6. The quantitative estimate of drug-likeness (QED) is 0.214. The van der Waals surface area contributed by atoms with E-state index in [0.29, 0.717) is 35.1 Å². The molecule has 0 aliphatic carbocycles. The Balaban J connectivity index is 1.24. The molecule has 45 heavy (non-hydrogen) atoms. The van der Waals surface area contributed by atoms with Gasteiger partial charge < -0.3 is 15.2 Å². The number of aromatic nitrogens is 4. The van der Waals surface area contributed by atoms with Crippen molar-refractivity contribution in [2.45, 2.75) is 37.1 Å². The minimum Gasteiger partial charge on any atom is -0.489 e. The molecule has 0 fully saturated rings. The number of nitrogens with one attached hydrogen (secondary N) is 1. The Morgan fingerprint density at radius 2 is 1.84 bits per heavy atom. The van der Waals surface area contributed by atoms with Gasteiger partial charge in [-0.25, -0.2) is 22.2 Å². The fraction of sp³-hybridized carbons (Fsp3) is 0.219. The molecule has 2 atom stereocenters. The van der Waals surface area contributed by atoms with Crippen LogP contribution in [0.25, 0.3) is 0 Å². The van der Waals surface area contributed by atoms with Crippen molar-refractivity contribution in [2.75, 3.05) is 7.05 Å². The standard InChI is InChI=1S/C32H26F4N6O3/c1-37-30(43)24-9-4-23(5-10-24)18-45-26-12-6-21(7-13-26)2-3-22-8-15-29(38-17-22)32(35,36)31(44,19-42-20-39-40-41-42)27-14-11-25(33)16-28(27)34/h4-14,16-17,20,29,44H,15,18-19H2,1H3,(H,37,43). The van der Waals surface area contributed by atoms with Crippen LogP contribution in [0, 0.1) is 23.5 Å². The van der Waals surface area contributed by atoms with E-state index in [1.54, 1.807) is 55.6 Å². The molecule has 230 valence electrons. The van der Waals surface area contributed by atoms with Crippen molar-refractivity contribution in [3.8, 4) is 17.6 Å². The molecule has 9 nitrogen and oxygen atoms in total. The number of hydrogen-bond donors (Lipinski definition) is 2. The third-order valence-electron chi connectivity index (χ3n) is 7.14. The van der Waals surface area contributed by atoms with Crippen LogP contribution in [-0.4, -0.2) is 56.4 Å². The first-order chi connectivity index (χ1) is 21.6. The van der Waals surface area contributed by atoms with E-state index in [4.69, 9.17) is 4.74 Å². The molecule has 3 aromatic carbocycles. The number of carbonyl (C=O) groups is 1. The van der Waals surface area contributed by atoms with Crippen LogP contribution < -0.4 is 10.1 Å². The third kappa shape index (κ3) is 6.91. The summed E-state index contributed by atoms with van der Waals surface area (Å²) in [5.74, 6) is -0.122. The van der Waals surface area contributed by atoms with Gasteiger partial charge in [-0.3, -0.25) is 9.79 Å².